The fourth-order valence-corrected chi connectivity index (χ4v) is 2.70. The second-order valence-electron chi connectivity index (χ2n) is 5.43. The highest BCUT2D eigenvalue weighted by Gasteiger charge is 2.10. The highest BCUT2D eigenvalue weighted by atomic mass is 32.2. The number of esters is 1. The molecule has 0 amide bonds. The van der Waals surface area contributed by atoms with Crippen LogP contribution < -0.4 is 5.73 Å². The molecular formula is C17H29NO5S. The van der Waals surface area contributed by atoms with Crippen LogP contribution in [0.15, 0.2) is 29.2 Å². The number of hydrogen-bond acceptors (Lipinski definition) is 5. The third-order valence-electron chi connectivity index (χ3n) is 3.30. The van der Waals surface area contributed by atoms with Crippen molar-refractivity contribution in [2.45, 2.75) is 57.3 Å². The predicted molar refractivity (Wildman–Crippen MR) is 94.4 cm³/mol. The van der Waals surface area contributed by atoms with Gasteiger partial charge >= 0.3 is 5.97 Å². The van der Waals surface area contributed by atoms with E-state index in [1.807, 2.05) is 0 Å². The zero-order valence-corrected chi connectivity index (χ0v) is 15.3. The van der Waals surface area contributed by atoms with Crippen LogP contribution in [0.5, 0.6) is 0 Å². The van der Waals surface area contributed by atoms with Gasteiger partial charge in [0.2, 0.25) is 0 Å². The van der Waals surface area contributed by atoms with Gasteiger partial charge in [0.15, 0.2) is 0 Å². The highest BCUT2D eigenvalue weighted by Crippen LogP contribution is 2.12. The van der Waals surface area contributed by atoms with E-state index in [2.05, 4.69) is 6.92 Å². The minimum absolute atomic E-state index is 0.00413. The monoisotopic (exact) mass is 359 g/mol. The minimum atomic E-state index is -4.03. The molecule has 1 aromatic carbocycles. The van der Waals surface area contributed by atoms with Gasteiger partial charge in [-0.05, 0) is 25.0 Å². The van der Waals surface area contributed by atoms with Gasteiger partial charge in [0.1, 0.15) is 0 Å². The molecule has 0 aliphatic carbocycles. The zero-order chi connectivity index (χ0) is 18.4. The van der Waals surface area contributed by atoms with E-state index in [0.717, 1.165) is 12.8 Å². The largest absolute Gasteiger partial charge is 0.465 e. The summed E-state index contributed by atoms with van der Waals surface area (Å²) in [5.74, 6) is -0.298. The Morgan fingerprint density at radius 3 is 2.21 bits per heavy atom. The van der Waals surface area contributed by atoms with Gasteiger partial charge in [-0.15, -0.1) is 0 Å². The summed E-state index contributed by atoms with van der Waals surface area (Å²) in [6, 6.07) is 6.27. The van der Waals surface area contributed by atoms with Gasteiger partial charge in [-0.25, -0.2) is 0 Å². The summed E-state index contributed by atoms with van der Waals surface area (Å²) in [4.78, 5) is 10.6. The number of unbranched alkanes of at least 4 members (excludes halogenated alkanes) is 5. The third-order valence-corrected chi connectivity index (χ3v) is 4.31. The quantitative estimate of drug-likeness (QED) is 0.398. The van der Waals surface area contributed by atoms with Crippen molar-refractivity contribution in [1.29, 1.82) is 0 Å². The molecule has 0 unspecified atom stereocenters. The molecule has 6 nitrogen and oxygen atoms in total. The SMILES string of the molecule is CCCCCCCCOC(=O)CN.Cc1ccccc1S(=O)(=O)O. The molecule has 0 bridgehead atoms. The third kappa shape index (κ3) is 11.2. The molecule has 0 fully saturated rings. The first-order valence-electron chi connectivity index (χ1n) is 8.21. The van der Waals surface area contributed by atoms with Crippen LogP contribution in [0.3, 0.4) is 0 Å². The number of carbonyl (C=O) groups is 1. The number of aryl methyl sites for hydroxylation is 1. The van der Waals surface area contributed by atoms with Gasteiger partial charge in [0.25, 0.3) is 10.1 Å². The average Bonchev–Trinajstić information content (AvgIpc) is 2.53. The Morgan fingerprint density at radius 2 is 1.71 bits per heavy atom. The molecule has 24 heavy (non-hydrogen) atoms. The maximum absolute atomic E-state index is 10.6. The van der Waals surface area contributed by atoms with Crippen molar-refractivity contribution in [1.82, 2.24) is 0 Å². The minimum Gasteiger partial charge on any atom is -0.465 e. The molecule has 0 heterocycles. The Balaban J connectivity index is 0.000000446. The van der Waals surface area contributed by atoms with Gasteiger partial charge in [-0.3, -0.25) is 9.35 Å². The lowest BCUT2D eigenvalue weighted by Crippen LogP contribution is -2.17. The van der Waals surface area contributed by atoms with E-state index in [9.17, 15) is 13.2 Å². The van der Waals surface area contributed by atoms with Gasteiger partial charge in [0, 0.05) is 0 Å². The Labute approximate surface area is 145 Å². The topological polar surface area (TPSA) is 107 Å². The molecule has 0 spiro atoms. The van der Waals surface area contributed by atoms with Crippen molar-refractivity contribution in [3.63, 3.8) is 0 Å². The first kappa shape index (κ1) is 22.6. The summed E-state index contributed by atoms with van der Waals surface area (Å²) in [7, 11) is -4.03. The van der Waals surface area contributed by atoms with Crippen molar-refractivity contribution in [3.8, 4) is 0 Å². The van der Waals surface area contributed by atoms with Crippen molar-refractivity contribution >= 4 is 16.1 Å². The molecule has 0 saturated heterocycles. The molecule has 3 N–H and O–H groups in total. The number of benzene rings is 1. The fraction of sp³-hybridized carbons (Fsp3) is 0.588. The summed E-state index contributed by atoms with van der Waals surface area (Å²) >= 11 is 0. The van der Waals surface area contributed by atoms with E-state index in [-0.39, 0.29) is 17.4 Å². The van der Waals surface area contributed by atoms with E-state index < -0.39 is 10.1 Å². The number of hydrogen-bond donors (Lipinski definition) is 2. The average molecular weight is 359 g/mol. The lowest BCUT2D eigenvalue weighted by molar-refractivity contribution is -0.142. The Hall–Kier alpha value is -1.44. The Morgan fingerprint density at radius 1 is 1.12 bits per heavy atom. The second kappa shape index (κ2) is 12.9. The number of rotatable bonds is 9. The van der Waals surface area contributed by atoms with E-state index in [4.69, 9.17) is 15.0 Å². The van der Waals surface area contributed by atoms with E-state index >= 15 is 0 Å². The lowest BCUT2D eigenvalue weighted by atomic mass is 10.1. The molecule has 7 heteroatoms. The Bertz CT molecular complexity index is 572. The van der Waals surface area contributed by atoms with Crippen LogP contribution in [-0.2, 0) is 19.6 Å². The standard InChI is InChI=1S/C10H21NO2.C7H8O3S/c1-2-3-4-5-6-7-8-13-10(12)9-11;1-6-4-2-3-5-7(6)11(8,9)10/h2-9,11H2,1H3;2-5H,1H3,(H,8,9,10). The normalized spacial score (nSPS) is 10.7. The van der Waals surface area contributed by atoms with Gasteiger partial charge in [0.05, 0.1) is 18.0 Å². The number of nitrogens with two attached hydrogens (primary N) is 1. The molecule has 0 saturated carbocycles. The fourth-order valence-electron chi connectivity index (χ4n) is 1.97. The van der Waals surface area contributed by atoms with E-state index in [0.29, 0.717) is 12.2 Å². The van der Waals surface area contributed by atoms with Crippen LogP contribution in [0.2, 0.25) is 0 Å². The molecule has 1 rings (SSSR count). The summed E-state index contributed by atoms with van der Waals surface area (Å²) < 4.78 is 34.7. The summed E-state index contributed by atoms with van der Waals surface area (Å²) in [5.41, 5.74) is 5.63. The van der Waals surface area contributed by atoms with Crippen LogP contribution in [0.4, 0.5) is 0 Å². The predicted octanol–water partition coefficient (Wildman–Crippen LogP) is 3.09. The molecule has 1 aromatic rings. The molecule has 0 aliphatic rings. The van der Waals surface area contributed by atoms with E-state index in [1.54, 1.807) is 25.1 Å². The van der Waals surface area contributed by atoms with Crippen LogP contribution in [-0.4, -0.2) is 32.1 Å². The number of carbonyl (C=O) groups excluding carboxylic acids is 1. The van der Waals surface area contributed by atoms with Gasteiger partial charge < -0.3 is 10.5 Å². The smallest absolute Gasteiger partial charge is 0.319 e. The van der Waals surface area contributed by atoms with Crippen LogP contribution in [0.1, 0.15) is 51.0 Å². The van der Waals surface area contributed by atoms with E-state index in [1.165, 1.54) is 31.7 Å². The first-order chi connectivity index (χ1) is 11.3. The highest BCUT2D eigenvalue weighted by molar-refractivity contribution is 7.85. The van der Waals surface area contributed by atoms with Crippen molar-refractivity contribution in [2.75, 3.05) is 13.2 Å². The van der Waals surface area contributed by atoms with Crippen LogP contribution in [0.25, 0.3) is 0 Å². The second-order valence-corrected chi connectivity index (χ2v) is 6.82. The maximum Gasteiger partial charge on any atom is 0.319 e. The molecule has 0 radical (unpaired) electrons. The van der Waals surface area contributed by atoms with Gasteiger partial charge in [-0.2, -0.15) is 8.42 Å². The van der Waals surface area contributed by atoms with Crippen molar-refractivity contribution in [3.05, 3.63) is 29.8 Å². The summed E-state index contributed by atoms with van der Waals surface area (Å²) in [6.07, 6.45) is 7.23. The van der Waals surface area contributed by atoms with Crippen LogP contribution in [0, 0.1) is 6.92 Å². The van der Waals surface area contributed by atoms with Crippen LogP contribution >= 0.6 is 0 Å². The number of ether oxygens (including phenoxy) is 1. The molecule has 0 aliphatic heterocycles. The molecule has 138 valence electrons. The lowest BCUT2D eigenvalue weighted by Gasteiger charge is -2.02. The molecular weight excluding hydrogens is 330 g/mol. The van der Waals surface area contributed by atoms with Crippen molar-refractivity contribution in [2.24, 2.45) is 5.73 Å². The van der Waals surface area contributed by atoms with Gasteiger partial charge in [-0.1, -0.05) is 57.2 Å². The van der Waals surface area contributed by atoms with Crippen molar-refractivity contribution < 1.29 is 22.5 Å². The first-order valence-corrected chi connectivity index (χ1v) is 9.65. The summed E-state index contributed by atoms with van der Waals surface area (Å²) in [6.45, 7) is 4.35. The molecule has 0 aromatic heterocycles. The Kier molecular flexibility index (Phi) is 12.1. The molecule has 0 atom stereocenters. The summed E-state index contributed by atoms with van der Waals surface area (Å²) in [5, 5.41) is 0. The maximum atomic E-state index is 10.6. The zero-order valence-electron chi connectivity index (χ0n) is 14.5.